The molecule has 0 spiro atoms. The van der Waals surface area contributed by atoms with Crippen molar-refractivity contribution in [2.45, 2.75) is 47.5 Å². The van der Waals surface area contributed by atoms with Gasteiger partial charge in [0.15, 0.2) is 0 Å². The lowest BCUT2D eigenvalue weighted by atomic mass is 9.92. The smallest absolute Gasteiger partial charge is 0.282 e. The predicted octanol–water partition coefficient (Wildman–Crippen LogP) is 2.53. The van der Waals surface area contributed by atoms with Crippen molar-refractivity contribution in [3.63, 3.8) is 0 Å². The summed E-state index contributed by atoms with van der Waals surface area (Å²) in [4.78, 5) is -0.544. The zero-order valence-electron chi connectivity index (χ0n) is 17.1. The molecule has 2 N–H and O–H groups in total. The van der Waals surface area contributed by atoms with Crippen LogP contribution in [0.3, 0.4) is 0 Å². The lowest BCUT2D eigenvalue weighted by Gasteiger charge is -2.37. The molecule has 0 aromatic heterocycles. The van der Waals surface area contributed by atoms with E-state index in [9.17, 15) is 56.1 Å². The van der Waals surface area contributed by atoms with E-state index in [1.807, 2.05) is 0 Å². The quantitative estimate of drug-likeness (QED) is 0.363. The highest BCUT2D eigenvalue weighted by Crippen LogP contribution is 2.51. The molecule has 1 saturated heterocycles. The Balaban J connectivity index is 2.40. The highest BCUT2D eigenvalue weighted by atomic mass is 32.2. The van der Waals surface area contributed by atoms with E-state index in [4.69, 9.17) is 4.55 Å². The first-order valence-electron chi connectivity index (χ1n) is 9.24. The van der Waals surface area contributed by atoms with Crippen molar-refractivity contribution >= 4 is 30.3 Å². The second kappa shape index (κ2) is 8.88. The largest absolute Gasteiger partial charge is 0.439 e. The molecule has 1 aromatic carbocycles. The molecule has 1 heterocycles. The number of rotatable bonds is 8. The van der Waals surface area contributed by atoms with Crippen molar-refractivity contribution in [1.29, 1.82) is 0 Å². The zero-order chi connectivity index (χ0) is 26.5. The van der Waals surface area contributed by atoms with Crippen LogP contribution in [0.4, 0.5) is 26.3 Å². The third-order valence-electron chi connectivity index (χ3n) is 5.21. The maximum Gasteiger partial charge on any atom is 0.439 e. The Morgan fingerprint density at radius 1 is 0.971 bits per heavy atom. The van der Waals surface area contributed by atoms with Crippen LogP contribution in [0.15, 0.2) is 23.1 Å². The molecule has 1 unspecified atom stereocenters. The molecular weight excluding hydrogens is 544 g/mol. The van der Waals surface area contributed by atoms with E-state index in [0.29, 0.717) is 5.56 Å². The molecule has 0 radical (unpaired) electrons. The van der Waals surface area contributed by atoms with Crippen LogP contribution in [0.2, 0.25) is 0 Å². The number of halogens is 6. The summed E-state index contributed by atoms with van der Waals surface area (Å²) < 4.78 is 169. The number of aryl methyl sites for hydroxylation is 1. The first-order chi connectivity index (χ1) is 15.1. The molecular formula is C16H19F6NO8S3. The van der Waals surface area contributed by atoms with Crippen molar-refractivity contribution in [2.24, 2.45) is 5.92 Å². The second-order valence-corrected chi connectivity index (χ2v) is 12.6. The molecule has 1 aromatic rings. The average molecular weight is 564 g/mol. The molecule has 196 valence electrons. The molecule has 1 aliphatic rings. The van der Waals surface area contributed by atoms with Crippen molar-refractivity contribution < 1.29 is 60.7 Å². The third kappa shape index (κ3) is 4.92. The molecule has 0 bridgehead atoms. The first kappa shape index (κ1) is 28.8. The van der Waals surface area contributed by atoms with Gasteiger partial charge in [-0.2, -0.15) is 47.5 Å². The standard InChI is InChI=1S/C16H19F6NO8S3/c1-10-4-5-12(13(7-10)32(24,25)26)8-11-3-2-6-23(9-11)33(27,28)15(19,20)14(17,18)16(21,22)34(29,30)31/h4-5,7,11H,2-3,6,8-9H2,1H3,(H,24,25,26)(H,29,30,31). The van der Waals surface area contributed by atoms with Gasteiger partial charge in [0.1, 0.15) is 0 Å². The van der Waals surface area contributed by atoms with Gasteiger partial charge >= 0.3 is 26.5 Å². The van der Waals surface area contributed by atoms with Crippen LogP contribution < -0.4 is 0 Å². The van der Waals surface area contributed by atoms with Crippen LogP contribution in [0.5, 0.6) is 0 Å². The van der Waals surface area contributed by atoms with E-state index in [0.717, 1.165) is 6.07 Å². The molecule has 0 saturated carbocycles. The summed E-state index contributed by atoms with van der Waals surface area (Å²) in [5.41, 5.74) is 0.387. The minimum absolute atomic E-state index is 0.0349. The maximum absolute atomic E-state index is 14.3. The number of nitrogens with zero attached hydrogens (tertiary/aromatic N) is 1. The zero-order valence-corrected chi connectivity index (χ0v) is 19.6. The topological polar surface area (TPSA) is 146 Å². The molecule has 1 aliphatic heterocycles. The fraction of sp³-hybridized carbons (Fsp3) is 0.625. The number of sulfonamides is 1. The molecule has 0 aliphatic carbocycles. The third-order valence-corrected chi connectivity index (χ3v) is 8.97. The van der Waals surface area contributed by atoms with Gasteiger partial charge in [-0.1, -0.05) is 12.1 Å². The van der Waals surface area contributed by atoms with Crippen molar-refractivity contribution in [3.05, 3.63) is 29.3 Å². The molecule has 34 heavy (non-hydrogen) atoms. The Bertz CT molecular complexity index is 1270. The summed E-state index contributed by atoms with van der Waals surface area (Å²) in [6.45, 7) is -0.233. The summed E-state index contributed by atoms with van der Waals surface area (Å²) in [5.74, 6) is -8.01. The molecule has 18 heteroatoms. The van der Waals surface area contributed by atoms with E-state index in [1.165, 1.54) is 19.1 Å². The van der Waals surface area contributed by atoms with Crippen molar-refractivity contribution in [3.8, 4) is 0 Å². The monoisotopic (exact) mass is 563 g/mol. The van der Waals surface area contributed by atoms with Gasteiger partial charge in [0.05, 0.1) is 4.90 Å². The summed E-state index contributed by atoms with van der Waals surface area (Å²) in [7, 11) is -18.5. The van der Waals surface area contributed by atoms with E-state index < -0.39 is 70.6 Å². The van der Waals surface area contributed by atoms with Crippen LogP contribution >= 0.6 is 0 Å². The average Bonchev–Trinajstić information content (AvgIpc) is 2.67. The van der Waals surface area contributed by atoms with Gasteiger partial charge in [-0.15, -0.1) is 0 Å². The van der Waals surface area contributed by atoms with Gasteiger partial charge < -0.3 is 0 Å². The summed E-state index contributed by atoms with van der Waals surface area (Å²) >= 11 is 0. The minimum Gasteiger partial charge on any atom is -0.282 e. The molecule has 1 atom stereocenters. The summed E-state index contributed by atoms with van der Waals surface area (Å²) in [6, 6.07) is 3.79. The van der Waals surface area contributed by atoms with Crippen LogP contribution in [-0.4, -0.2) is 68.2 Å². The van der Waals surface area contributed by atoms with E-state index in [2.05, 4.69) is 0 Å². The lowest BCUT2D eigenvalue weighted by molar-refractivity contribution is -0.247. The van der Waals surface area contributed by atoms with Gasteiger partial charge in [0.25, 0.3) is 20.1 Å². The Labute approximate surface area is 191 Å². The molecule has 1 fully saturated rings. The minimum atomic E-state index is -7.13. The molecule has 2 rings (SSSR count). The first-order valence-corrected chi connectivity index (χ1v) is 13.6. The highest BCUT2D eigenvalue weighted by Gasteiger charge is 2.82. The van der Waals surface area contributed by atoms with Gasteiger partial charge in [-0.05, 0) is 49.3 Å². The summed E-state index contributed by atoms with van der Waals surface area (Å²) in [5, 5.41) is -13.5. The van der Waals surface area contributed by atoms with E-state index in [-0.39, 0.29) is 29.1 Å². The predicted molar refractivity (Wildman–Crippen MR) is 104 cm³/mol. The van der Waals surface area contributed by atoms with E-state index in [1.54, 1.807) is 0 Å². The SMILES string of the molecule is Cc1ccc(CC2CCCN(S(=O)(=O)C(F)(F)C(F)(F)C(F)(F)S(=O)(=O)O)C2)c(S(=O)(=O)O)c1. The van der Waals surface area contributed by atoms with Crippen LogP contribution in [0, 0.1) is 12.8 Å². The van der Waals surface area contributed by atoms with Gasteiger partial charge in [-0.25, -0.2) is 8.42 Å². The molecule has 9 nitrogen and oxygen atoms in total. The number of alkyl halides is 6. The van der Waals surface area contributed by atoms with Crippen LogP contribution in [0.25, 0.3) is 0 Å². The Hall–Kier alpha value is -1.47. The van der Waals surface area contributed by atoms with Crippen LogP contribution in [0.1, 0.15) is 24.0 Å². The van der Waals surface area contributed by atoms with Crippen molar-refractivity contribution in [1.82, 2.24) is 4.31 Å². The highest BCUT2D eigenvalue weighted by molar-refractivity contribution is 7.90. The Morgan fingerprint density at radius 2 is 1.53 bits per heavy atom. The van der Waals surface area contributed by atoms with Crippen LogP contribution in [-0.2, 0) is 36.7 Å². The van der Waals surface area contributed by atoms with E-state index >= 15 is 0 Å². The second-order valence-electron chi connectivity index (χ2n) is 7.74. The number of hydrogen-bond donors (Lipinski definition) is 2. The Morgan fingerprint density at radius 3 is 2.03 bits per heavy atom. The molecule has 0 amide bonds. The number of piperidine rings is 1. The fourth-order valence-corrected chi connectivity index (χ4v) is 6.34. The normalized spacial score (nSPS) is 19.9. The fourth-order valence-electron chi connectivity index (χ4n) is 3.45. The van der Waals surface area contributed by atoms with Crippen molar-refractivity contribution in [2.75, 3.05) is 13.1 Å². The Kier molecular flexibility index (Phi) is 7.51. The summed E-state index contributed by atoms with van der Waals surface area (Å²) in [6.07, 6.45) is -0.439. The number of benzene rings is 1. The van der Waals surface area contributed by atoms with Gasteiger partial charge in [0, 0.05) is 13.1 Å². The van der Waals surface area contributed by atoms with Gasteiger partial charge in [0.2, 0.25) is 0 Å². The number of hydrogen-bond acceptors (Lipinski definition) is 6. The maximum atomic E-state index is 14.3. The lowest BCUT2D eigenvalue weighted by Crippen LogP contribution is -2.63. The van der Waals surface area contributed by atoms with Gasteiger partial charge in [-0.3, -0.25) is 9.11 Å².